The minimum absolute atomic E-state index is 0.802. The zero-order valence-corrected chi connectivity index (χ0v) is 11.4. The van der Waals surface area contributed by atoms with Gasteiger partial charge < -0.3 is 4.90 Å². The molecule has 2 unspecified atom stereocenters. The van der Waals surface area contributed by atoms with Crippen LogP contribution in [0.5, 0.6) is 0 Å². The van der Waals surface area contributed by atoms with Gasteiger partial charge in [-0.25, -0.2) is 0 Å². The van der Waals surface area contributed by atoms with Crippen molar-refractivity contribution in [3.05, 3.63) is 35.9 Å². The van der Waals surface area contributed by atoms with E-state index in [0.29, 0.717) is 0 Å². The van der Waals surface area contributed by atoms with E-state index in [-0.39, 0.29) is 0 Å². The van der Waals surface area contributed by atoms with E-state index in [1.165, 1.54) is 44.5 Å². The Morgan fingerprint density at radius 1 is 1.11 bits per heavy atom. The van der Waals surface area contributed by atoms with Gasteiger partial charge in [0, 0.05) is 19.1 Å². The van der Waals surface area contributed by atoms with Crippen molar-refractivity contribution in [2.24, 2.45) is 5.92 Å². The molecule has 0 saturated carbocycles. The molecule has 3 rings (SSSR count). The number of hydrogen-bond donors (Lipinski definition) is 0. The summed E-state index contributed by atoms with van der Waals surface area (Å²) in [6, 6.07) is 11.7. The summed E-state index contributed by atoms with van der Waals surface area (Å²) in [5.74, 6) is 0.954. The molecule has 2 nitrogen and oxygen atoms in total. The third-order valence-electron chi connectivity index (χ3n) is 4.71. The van der Waals surface area contributed by atoms with Crippen molar-refractivity contribution in [2.75, 3.05) is 26.7 Å². The van der Waals surface area contributed by atoms with Gasteiger partial charge >= 0.3 is 0 Å². The molecule has 0 aliphatic carbocycles. The summed E-state index contributed by atoms with van der Waals surface area (Å²) in [7, 11) is 2.30. The Bertz CT molecular complexity index is 376. The smallest absolute Gasteiger partial charge is 0.0248 e. The van der Waals surface area contributed by atoms with Crippen molar-refractivity contribution < 1.29 is 0 Å². The number of nitrogens with zero attached hydrogens (tertiary/aromatic N) is 2. The molecule has 0 amide bonds. The van der Waals surface area contributed by atoms with Crippen LogP contribution >= 0.6 is 0 Å². The van der Waals surface area contributed by atoms with Gasteiger partial charge in [-0.2, -0.15) is 0 Å². The van der Waals surface area contributed by atoms with Crippen LogP contribution in [0.4, 0.5) is 0 Å². The van der Waals surface area contributed by atoms with Gasteiger partial charge in [0.25, 0.3) is 0 Å². The number of likely N-dealkylation sites (N-methyl/N-ethyl adjacent to an activating group) is 1. The summed E-state index contributed by atoms with van der Waals surface area (Å²) in [6.45, 7) is 4.96. The second-order valence-electron chi connectivity index (χ2n) is 5.96. The predicted octanol–water partition coefficient (Wildman–Crippen LogP) is 2.60. The molecule has 1 aromatic carbocycles. The van der Waals surface area contributed by atoms with Gasteiger partial charge in [0.1, 0.15) is 0 Å². The van der Waals surface area contributed by atoms with Crippen LogP contribution in [0.2, 0.25) is 0 Å². The number of benzene rings is 1. The summed E-state index contributed by atoms with van der Waals surface area (Å²) in [6.07, 6.45) is 4.22. The third kappa shape index (κ3) is 2.60. The van der Waals surface area contributed by atoms with Gasteiger partial charge in [0.2, 0.25) is 0 Å². The first kappa shape index (κ1) is 12.2. The van der Waals surface area contributed by atoms with Gasteiger partial charge in [-0.05, 0) is 50.9 Å². The second kappa shape index (κ2) is 5.41. The van der Waals surface area contributed by atoms with Gasteiger partial charge in [0.15, 0.2) is 0 Å². The fourth-order valence-corrected chi connectivity index (χ4v) is 3.63. The van der Waals surface area contributed by atoms with Crippen LogP contribution in [0.15, 0.2) is 30.3 Å². The highest BCUT2D eigenvalue weighted by Crippen LogP contribution is 2.30. The lowest BCUT2D eigenvalue weighted by molar-refractivity contribution is 0.188. The van der Waals surface area contributed by atoms with E-state index in [9.17, 15) is 0 Å². The number of fused-ring (bicyclic) bond motifs is 1. The van der Waals surface area contributed by atoms with Crippen molar-refractivity contribution in [3.63, 3.8) is 0 Å². The molecule has 2 aliphatic rings. The minimum atomic E-state index is 0.802. The summed E-state index contributed by atoms with van der Waals surface area (Å²) < 4.78 is 0. The molecule has 0 aromatic heterocycles. The van der Waals surface area contributed by atoms with Crippen LogP contribution in [0.25, 0.3) is 0 Å². The molecule has 2 atom stereocenters. The highest BCUT2D eigenvalue weighted by molar-refractivity contribution is 5.14. The lowest BCUT2D eigenvalue weighted by atomic mass is 9.96. The average Bonchev–Trinajstić information content (AvgIpc) is 2.62. The molecule has 2 aliphatic heterocycles. The molecular formula is C16H24N2. The Balaban J connectivity index is 1.66. The van der Waals surface area contributed by atoms with Gasteiger partial charge in [0.05, 0.1) is 0 Å². The first-order chi connectivity index (χ1) is 8.83. The van der Waals surface area contributed by atoms with E-state index in [0.717, 1.165) is 18.5 Å². The Hall–Kier alpha value is -0.860. The zero-order valence-electron chi connectivity index (χ0n) is 11.4. The van der Waals surface area contributed by atoms with Crippen LogP contribution in [0.1, 0.15) is 24.8 Å². The summed E-state index contributed by atoms with van der Waals surface area (Å²) in [5, 5.41) is 0. The van der Waals surface area contributed by atoms with Crippen molar-refractivity contribution >= 4 is 0 Å². The standard InChI is InChI=1S/C16H24N2/c1-17-11-9-15-8-5-10-18(13-16(15)17)12-14-6-3-2-4-7-14/h2-4,6-7,15-16H,5,8-13H2,1H3. The minimum Gasteiger partial charge on any atom is -0.302 e. The highest BCUT2D eigenvalue weighted by Gasteiger charge is 2.34. The molecule has 2 saturated heterocycles. The Morgan fingerprint density at radius 3 is 2.78 bits per heavy atom. The summed E-state index contributed by atoms with van der Waals surface area (Å²) in [5.41, 5.74) is 1.46. The van der Waals surface area contributed by atoms with Crippen LogP contribution in [0, 0.1) is 5.92 Å². The first-order valence-electron chi connectivity index (χ1n) is 7.29. The molecule has 2 heterocycles. The normalized spacial score (nSPS) is 30.1. The van der Waals surface area contributed by atoms with E-state index in [2.05, 4.69) is 47.2 Å². The number of rotatable bonds is 2. The quantitative estimate of drug-likeness (QED) is 0.789. The molecule has 0 spiro atoms. The lowest BCUT2D eigenvalue weighted by Crippen LogP contribution is -2.39. The maximum atomic E-state index is 2.65. The molecule has 2 fully saturated rings. The lowest BCUT2D eigenvalue weighted by Gasteiger charge is -2.28. The maximum Gasteiger partial charge on any atom is 0.0248 e. The molecular weight excluding hydrogens is 220 g/mol. The van der Waals surface area contributed by atoms with Gasteiger partial charge in [-0.15, -0.1) is 0 Å². The molecule has 1 aromatic rings. The van der Waals surface area contributed by atoms with Crippen molar-refractivity contribution in [1.82, 2.24) is 9.80 Å². The molecule has 0 N–H and O–H groups in total. The topological polar surface area (TPSA) is 6.48 Å². The van der Waals surface area contributed by atoms with Crippen LogP contribution in [0.3, 0.4) is 0 Å². The van der Waals surface area contributed by atoms with E-state index < -0.39 is 0 Å². The van der Waals surface area contributed by atoms with Crippen molar-refractivity contribution in [1.29, 1.82) is 0 Å². The van der Waals surface area contributed by atoms with Crippen molar-refractivity contribution in [2.45, 2.75) is 31.8 Å². The predicted molar refractivity (Wildman–Crippen MR) is 75.5 cm³/mol. The Labute approximate surface area is 111 Å². The van der Waals surface area contributed by atoms with Crippen molar-refractivity contribution in [3.8, 4) is 0 Å². The molecule has 98 valence electrons. The maximum absolute atomic E-state index is 2.65. The summed E-state index contributed by atoms with van der Waals surface area (Å²) in [4.78, 5) is 5.23. The monoisotopic (exact) mass is 244 g/mol. The Morgan fingerprint density at radius 2 is 1.94 bits per heavy atom. The van der Waals surface area contributed by atoms with E-state index in [4.69, 9.17) is 0 Å². The second-order valence-corrected chi connectivity index (χ2v) is 5.96. The SMILES string of the molecule is CN1CCC2CCCN(Cc3ccccc3)CC21. The van der Waals surface area contributed by atoms with Crippen LogP contribution in [-0.4, -0.2) is 42.5 Å². The van der Waals surface area contributed by atoms with E-state index >= 15 is 0 Å². The van der Waals surface area contributed by atoms with Gasteiger partial charge in [-0.1, -0.05) is 30.3 Å². The fraction of sp³-hybridized carbons (Fsp3) is 0.625. The van der Waals surface area contributed by atoms with Gasteiger partial charge in [-0.3, -0.25) is 4.90 Å². The van der Waals surface area contributed by atoms with Crippen LogP contribution < -0.4 is 0 Å². The molecule has 2 heteroatoms. The fourth-order valence-electron chi connectivity index (χ4n) is 3.63. The number of likely N-dealkylation sites (tertiary alicyclic amines) is 2. The average molecular weight is 244 g/mol. The van der Waals surface area contributed by atoms with E-state index in [1.807, 2.05) is 0 Å². The largest absolute Gasteiger partial charge is 0.302 e. The first-order valence-corrected chi connectivity index (χ1v) is 7.29. The van der Waals surface area contributed by atoms with E-state index in [1.54, 1.807) is 0 Å². The highest BCUT2D eigenvalue weighted by atomic mass is 15.2. The third-order valence-corrected chi connectivity index (χ3v) is 4.71. The molecule has 0 bridgehead atoms. The zero-order chi connectivity index (χ0) is 12.4. The summed E-state index contributed by atoms with van der Waals surface area (Å²) >= 11 is 0. The Kier molecular flexibility index (Phi) is 3.67. The molecule has 0 radical (unpaired) electrons. The molecule has 18 heavy (non-hydrogen) atoms. The number of hydrogen-bond acceptors (Lipinski definition) is 2. The van der Waals surface area contributed by atoms with Crippen LogP contribution in [-0.2, 0) is 6.54 Å².